The van der Waals surface area contributed by atoms with E-state index in [0.717, 1.165) is 37.5 Å². The Labute approximate surface area is 117 Å². The van der Waals surface area contributed by atoms with Crippen molar-refractivity contribution in [1.29, 1.82) is 0 Å². The molecule has 0 spiro atoms. The number of fused-ring (bicyclic) bond motifs is 1. The van der Waals surface area contributed by atoms with Crippen molar-refractivity contribution >= 4 is 17.5 Å². The lowest BCUT2D eigenvalue weighted by Gasteiger charge is -2.33. The predicted octanol–water partition coefficient (Wildman–Crippen LogP) is 1.42. The second-order valence-electron chi connectivity index (χ2n) is 5.19. The maximum atomic E-state index is 12.4. The van der Waals surface area contributed by atoms with Crippen LogP contribution in [0.2, 0.25) is 5.02 Å². The Morgan fingerprint density at radius 3 is 2.79 bits per heavy atom. The van der Waals surface area contributed by atoms with Gasteiger partial charge in [0.2, 0.25) is 0 Å². The van der Waals surface area contributed by atoms with Gasteiger partial charge in [-0.2, -0.15) is 0 Å². The molecule has 2 aliphatic rings. The zero-order chi connectivity index (χ0) is 13.4. The van der Waals surface area contributed by atoms with E-state index in [9.17, 15) is 4.79 Å². The first-order valence-corrected chi connectivity index (χ1v) is 6.94. The van der Waals surface area contributed by atoms with Gasteiger partial charge in [-0.05, 0) is 30.8 Å². The van der Waals surface area contributed by atoms with Crippen LogP contribution < -0.4 is 4.74 Å². The largest absolute Gasteiger partial charge is 0.480 e. The summed E-state index contributed by atoms with van der Waals surface area (Å²) in [5, 5.41) is 0.690. The van der Waals surface area contributed by atoms with Crippen LogP contribution in [0.1, 0.15) is 5.56 Å². The third-order valence-electron chi connectivity index (χ3n) is 3.79. The van der Waals surface area contributed by atoms with Crippen LogP contribution in [0, 0.1) is 0 Å². The molecule has 1 amide bonds. The third-order valence-corrected chi connectivity index (χ3v) is 4.02. The normalized spacial score (nSPS) is 23.1. The lowest BCUT2D eigenvalue weighted by atomic mass is 10.1. The molecule has 4 nitrogen and oxygen atoms in total. The molecule has 0 aromatic heterocycles. The molecule has 19 heavy (non-hydrogen) atoms. The van der Waals surface area contributed by atoms with Crippen LogP contribution in [0.4, 0.5) is 0 Å². The van der Waals surface area contributed by atoms with E-state index >= 15 is 0 Å². The molecule has 0 saturated carbocycles. The summed E-state index contributed by atoms with van der Waals surface area (Å²) in [6, 6.07) is 5.52. The Kier molecular flexibility index (Phi) is 3.37. The van der Waals surface area contributed by atoms with E-state index in [1.54, 1.807) is 6.07 Å². The van der Waals surface area contributed by atoms with E-state index in [-0.39, 0.29) is 12.0 Å². The number of carbonyl (C=O) groups excluding carboxylic acids is 1. The summed E-state index contributed by atoms with van der Waals surface area (Å²) in [6.45, 7) is 3.42. The number of halogens is 1. The zero-order valence-corrected chi connectivity index (χ0v) is 11.7. The molecule has 1 saturated heterocycles. The lowest BCUT2D eigenvalue weighted by Crippen LogP contribution is -2.51. The van der Waals surface area contributed by atoms with Crippen LogP contribution in [-0.4, -0.2) is 55.0 Å². The molecule has 102 valence electrons. The fourth-order valence-corrected chi connectivity index (χ4v) is 2.78. The number of piperazine rings is 1. The van der Waals surface area contributed by atoms with Gasteiger partial charge in [0.25, 0.3) is 5.91 Å². The summed E-state index contributed by atoms with van der Waals surface area (Å²) >= 11 is 5.96. The van der Waals surface area contributed by atoms with E-state index in [1.165, 1.54) is 0 Å². The molecule has 1 aromatic carbocycles. The number of rotatable bonds is 1. The number of carbonyl (C=O) groups is 1. The first kappa shape index (κ1) is 12.8. The number of benzene rings is 1. The maximum absolute atomic E-state index is 12.4. The number of hydrogen-bond acceptors (Lipinski definition) is 3. The van der Waals surface area contributed by atoms with Crippen molar-refractivity contribution in [3.8, 4) is 5.75 Å². The van der Waals surface area contributed by atoms with Crippen LogP contribution in [0.5, 0.6) is 5.75 Å². The van der Waals surface area contributed by atoms with Crippen molar-refractivity contribution in [1.82, 2.24) is 9.80 Å². The highest BCUT2D eigenvalue weighted by atomic mass is 35.5. The van der Waals surface area contributed by atoms with Gasteiger partial charge >= 0.3 is 0 Å². The van der Waals surface area contributed by atoms with Crippen molar-refractivity contribution in [2.45, 2.75) is 12.5 Å². The van der Waals surface area contributed by atoms with Crippen LogP contribution in [0.15, 0.2) is 18.2 Å². The van der Waals surface area contributed by atoms with E-state index < -0.39 is 0 Å². The molecule has 1 fully saturated rings. The van der Waals surface area contributed by atoms with Gasteiger partial charge in [0.05, 0.1) is 0 Å². The number of nitrogens with zero attached hydrogens (tertiary/aromatic N) is 2. The summed E-state index contributed by atoms with van der Waals surface area (Å²) in [4.78, 5) is 16.5. The van der Waals surface area contributed by atoms with Gasteiger partial charge in [-0.25, -0.2) is 0 Å². The minimum Gasteiger partial charge on any atom is -0.480 e. The highest BCUT2D eigenvalue weighted by Gasteiger charge is 2.33. The highest BCUT2D eigenvalue weighted by molar-refractivity contribution is 6.30. The highest BCUT2D eigenvalue weighted by Crippen LogP contribution is 2.31. The Bertz CT molecular complexity index is 498. The second-order valence-corrected chi connectivity index (χ2v) is 5.63. The fraction of sp³-hybridized carbons (Fsp3) is 0.500. The molecule has 0 aliphatic carbocycles. The molecule has 0 N–H and O–H groups in total. The van der Waals surface area contributed by atoms with E-state index in [1.807, 2.05) is 17.0 Å². The zero-order valence-electron chi connectivity index (χ0n) is 10.9. The standard InChI is InChI=1S/C14H17ClN2O2/c1-16-4-6-17(7-5-16)14(18)13-9-10-8-11(15)2-3-12(10)19-13/h2-3,8,13H,4-7,9H2,1H3/t13-/m1/s1. The second kappa shape index (κ2) is 5.02. The average molecular weight is 281 g/mol. The molecular formula is C14H17ClN2O2. The summed E-state index contributed by atoms with van der Waals surface area (Å²) in [5.74, 6) is 0.886. The third kappa shape index (κ3) is 2.55. The predicted molar refractivity (Wildman–Crippen MR) is 73.6 cm³/mol. The lowest BCUT2D eigenvalue weighted by molar-refractivity contribution is -0.139. The first-order chi connectivity index (χ1) is 9.13. The number of hydrogen-bond donors (Lipinski definition) is 0. The molecule has 5 heteroatoms. The van der Waals surface area contributed by atoms with Crippen LogP contribution in [0.25, 0.3) is 0 Å². The molecule has 2 heterocycles. The number of likely N-dealkylation sites (N-methyl/N-ethyl adjacent to an activating group) is 1. The first-order valence-electron chi connectivity index (χ1n) is 6.56. The topological polar surface area (TPSA) is 32.8 Å². The van der Waals surface area contributed by atoms with Gasteiger partial charge in [0.1, 0.15) is 5.75 Å². The Morgan fingerprint density at radius 1 is 1.32 bits per heavy atom. The summed E-state index contributed by atoms with van der Waals surface area (Å²) in [5.41, 5.74) is 1.03. The van der Waals surface area contributed by atoms with Gasteiger partial charge < -0.3 is 14.5 Å². The van der Waals surface area contributed by atoms with Gasteiger partial charge in [-0.3, -0.25) is 4.79 Å². The molecule has 0 unspecified atom stereocenters. The number of amides is 1. The van der Waals surface area contributed by atoms with Gasteiger partial charge in [0, 0.05) is 37.6 Å². The van der Waals surface area contributed by atoms with Crippen molar-refractivity contribution in [3.05, 3.63) is 28.8 Å². The van der Waals surface area contributed by atoms with Crippen LogP contribution in [0.3, 0.4) is 0 Å². The van der Waals surface area contributed by atoms with Crippen molar-refractivity contribution < 1.29 is 9.53 Å². The van der Waals surface area contributed by atoms with Crippen molar-refractivity contribution in [2.24, 2.45) is 0 Å². The van der Waals surface area contributed by atoms with Crippen LogP contribution >= 0.6 is 11.6 Å². The molecule has 1 atom stereocenters. The Morgan fingerprint density at radius 2 is 2.05 bits per heavy atom. The molecule has 0 bridgehead atoms. The monoisotopic (exact) mass is 280 g/mol. The van der Waals surface area contributed by atoms with Crippen molar-refractivity contribution in [3.63, 3.8) is 0 Å². The minimum atomic E-state index is -0.378. The minimum absolute atomic E-state index is 0.0976. The fourth-order valence-electron chi connectivity index (χ4n) is 2.59. The summed E-state index contributed by atoms with van der Waals surface area (Å²) < 4.78 is 5.74. The molecule has 2 aliphatic heterocycles. The Hall–Kier alpha value is -1.26. The SMILES string of the molecule is CN1CCN(C(=O)[C@H]2Cc3cc(Cl)ccc3O2)CC1. The quantitative estimate of drug-likeness (QED) is 0.780. The molecule has 3 rings (SSSR count). The van der Waals surface area contributed by atoms with E-state index in [4.69, 9.17) is 16.3 Å². The van der Waals surface area contributed by atoms with Crippen LogP contribution in [-0.2, 0) is 11.2 Å². The Balaban J connectivity index is 1.67. The van der Waals surface area contributed by atoms with Gasteiger partial charge in [-0.1, -0.05) is 11.6 Å². The average Bonchev–Trinajstić information content (AvgIpc) is 2.81. The smallest absolute Gasteiger partial charge is 0.264 e. The summed E-state index contributed by atoms with van der Waals surface area (Å²) in [7, 11) is 2.08. The maximum Gasteiger partial charge on any atom is 0.264 e. The molecular weight excluding hydrogens is 264 g/mol. The van der Waals surface area contributed by atoms with Crippen molar-refractivity contribution in [2.75, 3.05) is 33.2 Å². The van der Waals surface area contributed by atoms with E-state index in [2.05, 4.69) is 11.9 Å². The molecule has 0 radical (unpaired) electrons. The number of ether oxygens (including phenoxy) is 1. The molecule has 1 aromatic rings. The van der Waals surface area contributed by atoms with Gasteiger partial charge in [0.15, 0.2) is 6.10 Å². The van der Waals surface area contributed by atoms with Gasteiger partial charge in [-0.15, -0.1) is 0 Å². The van der Waals surface area contributed by atoms with E-state index in [0.29, 0.717) is 11.4 Å². The summed E-state index contributed by atoms with van der Waals surface area (Å²) in [6.07, 6.45) is 0.248.